The summed E-state index contributed by atoms with van der Waals surface area (Å²) in [6.07, 6.45) is 4.53. The summed E-state index contributed by atoms with van der Waals surface area (Å²) in [5.74, 6) is -0.0628. The minimum Gasteiger partial charge on any atom is -0.321 e. The number of fused-ring (bicyclic) bond motifs is 2. The predicted octanol–water partition coefficient (Wildman–Crippen LogP) is 6.09. The Hall–Kier alpha value is -2.63. The second kappa shape index (κ2) is 7.32. The van der Waals surface area contributed by atoms with Crippen LogP contribution in [0.25, 0.3) is 21.5 Å². The molecule has 6 heteroatoms. The number of hydrogen-bond acceptors (Lipinski definition) is 3. The summed E-state index contributed by atoms with van der Waals surface area (Å²) in [4.78, 5) is 14.7. The van der Waals surface area contributed by atoms with Gasteiger partial charge < -0.3 is 5.32 Å². The number of amides is 1. The van der Waals surface area contributed by atoms with Crippen LogP contribution in [0.1, 0.15) is 33.6 Å². The van der Waals surface area contributed by atoms with Gasteiger partial charge in [-0.25, -0.2) is 0 Å². The van der Waals surface area contributed by atoms with Gasteiger partial charge in [-0.1, -0.05) is 35.9 Å². The molecule has 1 aliphatic rings. The van der Waals surface area contributed by atoms with Gasteiger partial charge in [0.25, 0.3) is 5.91 Å². The number of benzene rings is 2. The Bertz CT molecular complexity index is 1220. The number of nitrogens with zero attached hydrogens (tertiary/aromatic N) is 2. The fourth-order valence-corrected chi connectivity index (χ4v) is 5.15. The van der Waals surface area contributed by atoms with Gasteiger partial charge in [0.15, 0.2) is 0 Å². The molecule has 2 heterocycles. The van der Waals surface area contributed by atoms with E-state index < -0.39 is 0 Å². The van der Waals surface area contributed by atoms with Crippen LogP contribution in [0.15, 0.2) is 48.5 Å². The number of rotatable bonds is 3. The largest absolute Gasteiger partial charge is 0.321 e. The molecule has 2 aromatic heterocycles. The standard InChI is InChI=1S/C23H20ClN3OS/c1-27-23-18(21(26-27)15-9-11-16(24)12-10-15)13-20(29-23)22(28)25-19-8-4-6-14-5-2-3-7-17(14)19/h4,6,8-13H,2-3,5,7H2,1H3,(H,25,28). The van der Waals surface area contributed by atoms with Crippen molar-refractivity contribution in [3.63, 3.8) is 0 Å². The molecule has 0 unspecified atom stereocenters. The fourth-order valence-electron chi connectivity index (χ4n) is 4.06. The van der Waals surface area contributed by atoms with Crippen LogP contribution in [0.4, 0.5) is 5.69 Å². The lowest BCUT2D eigenvalue weighted by Gasteiger charge is -2.19. The van der Waals surface area contributed by atoms with Crippen molar-refractivity contribution in [2.24, 2.45) is 7.05 Å². The number of anilines is 1. The number of nitrogens with one attached hydrogen (secondary N) is 1. The fraction of sp³-hybridized carbons (Fsp3) is 0.217. The zero-order valence-corrected chi connectivity index (χ0v) is 17.6. The number of aryl methyl sites for hydroxylation is 2. The van der Waals surface area contributed by atoms with Gasteiger partial charge in [-0.15, -0.1) is 11.3 Å². The Labute approximate surface area is 178 Å². The van der Waals surface area contributed by atoms with Crippen molar-refractivity contribution in [1.82, 2.24) is 9.78 Å². The first-order chi connectivity index (χ1) is 14.1. The summed E-state index contributed by atoms with van der Waals surface area (Å²) < 4.78 is 1.84. The molecule has 29 heavy (non-hydrogen) atoms. The van der Waals surface area contributed by atoms with E-state index in [4.69, 9.17) is 11.6 Å². The second-order valence-electron chi connectivity index (χ2n) is 7.41. The van der Waals surface area contributed by atoms with E-state index in [9.17, 15) is 4.79 Å². The summed E-state index contributed by atoms with van der Waals surface area (Å²) in [6.45, 7) is 0. The molecule has 1 N–H and O–H groups in total. The maximum atomic E-state index is 13.0. The normalized spacial score (nSPS) is 13.4. The number of carbonyl (C=O) groups excluding carboxylic acids is 1. The maximum absolute atomic E-state index is 13.0. The van der Waals surface area contributed by atoms with Crippen LogP contribution in [0.3, 0.4) is 0 Å². The molecule has 4 aromatic rings. The molecule has 2 aromatic carbocycles. The quantitative estimate of drug-likeness (QED) is 0.435. The lowest BCUT2D eigenvalue weighted by Crippen LogP contribution is -2.14. The first kappa shape index (κ1) is 18.4. The van der Waals surface area contributed by atoms with Gasteiger partial charge in [0.05, 0.1) is 4.88 Å². The van der Waals surface area contributed by atoms with Crippen LogP contribution in [0.2, 0.25) is 5.02 Å². The van der Waals surface area contributed by atoms with Crippen molar-refractivity contribution in [1.29, 1.82) is 0 Å². The lowest BCUT2D eigenvalue weighted by molar-refractivity contribution is 0.103. The molecule has 0 spiro atoms. The SMILES string of the molecule is Cn1nc(-c2ccc(Cl)cc2)c2cc(C(=O)Nc3cccc4c3CCCC4)sc21. The second-order valence-corrected chi connectivity index (χ2v) is 8.88. The minimum atomic E-state index is -0.0628. The first-order valence-corrected chi connectivity index (χ1v) is 10.9. The van der Waals surface area contributed by atoms with Crippen molar-refractivity contribution in [2.75, 3.05) is 5.32 Å². The lowest BCUT2D eigenvalue weighted by atomic mass is 9.90. The molecular formula is C23H20ClN3OS. The predicted molar refractivity (Wildman–Crippen MR) is 120 cm³/mol. The summed E-state index contributed by atoms with van der Waals surface area (Å²) >= 11 is 7.49. The van der Waals surface area contributed by atoms with Crippen molar-refractivity contribution >= 4 is 44.7 Å². The van der Waals surface area contributed by atoms with Crippen molar-refractivity contribution in [2.45, 2.75) is 25.7 Å². The molecule has 5 rings (SSSR count). The molecule has 1 aliphatic carbocycles. The highest BCUT2D eigenvalue weighted by molar-refractivity contribution is 7.20. The molecule has 0 fully saturated rings. The van der Waals surface area contributed by atoms with Gasteiger partial charge in [-0.05, 0) is 61.1 Å². The van der Waals surface area contributed by atoms with Gasteiger partial charge in [0.2, 0.25) is 0 Å². The van der Waals surface area contributed by atoms with E-state index in [0.29, 0.717) is 9.90 Å². The van der Waals surface area contributed by atoms with Crippen LogP contribution in [0.5, 0.6) is 0 Å². The Morgan fingerprint density at radius 3 is 2.76 bits per heavy atom. The van der Waals surface area contributed by atoms with Gasteiger partial charge in [-0.2, -0.15) is 5.10 Å². The van der Waals surface area contributed by atoms with E-state index >= 15 is 0 Å². The Kier molecular flexibility index (Phi) is 4.64. The van der Waals surface area contributed by atoms with E-state index in [1.807, 2.05) is 54.2 Å². The number of hydrogen-bond donors (Lipinski definition) is 1. The summed E-state index contributed by atoms with van der Waals surface area (Å²) in [6, 6.07) is 15.8. The van der Waals surface area contributed by atoms with Gasteiger partial charge in [-0.3, -0.25) is 9.48 Å². The summed E-state index contributed by atoms with van der Waals surface area (Å²) in [7, 11) is 1.91. The molecular weight excluding hydrogens is 402 g/mol. The van der Waals surface area contributed by atoms with E-state index in [1.165, 1.54) is 35.3 Å². The van der Waals surface area contributed by atoms with E-state index in [2.05, 4.69) is 16.5 Å². The van der Waals surface area contributed by atoms with E-state index in [-0.39, 0.29) is 5.91 Å². The molecule has 0 saturated heterocycles. The molecule has 0 bridgehead atoms. The Balaban J connectivity index is 1.49. The first-order valence-electron chi connectivity index (χ1n) is 9.75. The zero-order chi connectivity index (χ0) is 20.0. The molecule has 146 valence electrons. The summed E-state index contributed by atoms with van der Waals surface area (Å²) in [5.41, 5.74) is 5.45. The highest BCUT2D eigenvalue weighted by Crippen LogP contribution is 2.35. The average Bonchev–Trinajstić information content (AvgIpc) is 3.30. The smallest absolute Gasteiger partial charge is 0.265 e. The Morgan fingerprint density at radius 2 is 1.93 bits per heavy atom. The third-order valence-electron chi connectivity index (χ3n) is 5.50. The molecule has 4 nitrogen and oxygen atoms in total. The number of aromatic nitrogens is 2. The van der Waals surface area contributed by atoms with Crippen molar-refractivity contribution < 1.29 is 4.79 Å². The molecule has 1 amide bonds. The van der Waals surface area contributed by atoms with Gasteiger partial charge >= 0.3 is 0 Å². The molecule has 0 atom stereocenters. The number of carbonyl (C=O) groups is 1. The van der Waals surface area contributed by atoms with Gasteiger partial charge in [0.1, 0.15) is 10.5 Å². The average molecular weight is 422 g/mol. The zero-order valence-electron chi connectivity index (χ0n) is 16.0. The van der Waals surface area contributed by atoms with Gasteiger partial charge in [0, 0.05) is 28.7 Å². The monoisotopic (exact) mass is 421 g/mol. The van der Waals surface area contributed by atoms with Crippen LogP contribution in [-0.2, 0) is 19.9 Å². The Morgan fingerprint density at radius 1 is 1.14 bits per heavy atom. The number of thiophene rings is 1. The topological polar surface area (TPSA) is 46.9 Å². The molecule has 0 aliphatic heterocycles. The van der Waals surface area contributed by atoms with E-state index in [0.717, 1.165) is 40.0 Å². The van der Waals surface area contributed by atoms with Crippen LogP contribution < -0.4 is 5.32 Å². The third kappa shape index (κ3) is 3.34. The maximum Gasteiger partial charge on any atom is 0.265 e. The molecule has 0 saturated carbocycles. The van der Waals surface area contributed by atoms with Crippen LogP contribution in [0, 0.1) is 0 Å². The van der Waals surface area contributed by atoms with E-state index in [1.54, 1.807) is 0 Å². The van der Waals surface area contributed by atoms with Crippen molar-refractivity contribution in [3.8, 4) is 11.3 Å². The third-order valence-corrected chi connectivity index (χ3v) is 6.95. The highest BCUT2D eigenvalue weighted by atomic mass is 35.5. The molecule has 0 radical (unpaired) electrons. The number of halogens is 1. The van der Waals surface area contributed by atoms with Crippen LogP contribution >= 0.6 is 22.9 Å². The van der Waals surface area contributed by atoms with Crippen LogP contribution in [-0.4, -0.2) is 15.7 Å². The van der Waals surface area contributed by atoms with Crippen molar-refractivity contribution in [3.05, 3.63) is 69.6 Å². The summed E-state index contributed by atoms with van der Waals surface area (Å²) in [5, 5.41) is 9.47. The minimum absolute atomic E-state index is 0.0628. The highest BCUT2D eigenvalue weighted by Gasteiger charge is 2.20.